The Morgan fingerprint density at radius 1 is 1.37 bits per heavy atom. The first-order chi connectivity index (χ1) is 16.7. The largest absolute Gasteiger partial charge is 0.435 e. The van der Waals surface area contributed by atoms with Gasteiger partial charge >= 0.3 is 12.7 Å². The summed E-state index contributed by atoms with van der Waals surface area (Å²) in [5.74, 6) is 0.0350. The third-order valence-corrected chi connectivity index (χ3v) is 7.15. The fourth-order valence-electron chi connectivity index (χ4n) is 4.75. The molecule has 1 aliphatic carbocycles. The van der Waals surface area contributed by atoms with Crippen molar-refractivity contribution in [2.24, 2.45) is 11.0 Å². The molecule has 1 atom stereocenters. The molecule has 2 aliphatic rings. The van der Waals surface area contributed by atoms with Gasteiger partial charge in [-0.3, -0.25) is 9.89 Å². The highest BCUT2D eigenvalue weighted by Crippen LogP contribution is 2.42. The Morgan fingerprint density at radius 3 is 2.77 bits per heavy atom. The first-order valence-electron chi connectivity index (χ1n) is 11.3. The average Bonchev–Trinajstić information content (AvgIpc) is 3.24. The van der Waals surface area contributed by atoms with Crippen molar-refractivity contribution in [3.63, 3.8) is 0 Å². The van der Waals surface area contributed by atoms with Crippen LogP contribution in [0.1, 0.15) is 60.8 Å². The molecule has 0 saturated heterocycles. The van der Waals surface area contributed by atoms with E-state index < -0.39 is 18.3 Å². The quantitative estimate of drug-likeness (QED) is 0.460. The first kappa shape index (κ1) is 25.1. The maximum Gasteiger partial charge on any atom is 0.428 e. The molecule has 0 bridgehead atoms. The summed E-state index contributed by atoms with van der Waals surface area (Å²) in [6, 6.07) is 6.34. The number of hydrazone groups is 1. The van der Waals surface area contributed by atoms with Crippen LogP contribution >= 0.6 is 15.9 Å². The number of nitrogens with zero attached hydrogens (tertiary/aromatic N) is 2. The van der Waals surface area contributed by atoms with E-state index in [1.165, 1.54) is 6.07 Å². The van der Waals surface area contributed by atoms with Gasteiger partial charge in [0.1, 0.15) is 17.2 Å². The number of alkyl halides is 2. The van der Waals surface area contributed by atoms with E-state index in [0.717, 1.165) is 25.0 Å². The van der Waals surface area contributed by atoms with Crippen LogP contribution in [0.25, 0.3) is 0 Å². The SMILES string of the molecule is Cc1cc(C(=O)N[C@@H](C)CC2CCC3(CC2)OC(=O)NN=C3c2cccc(OC(F)F)c2Br)n[nH]1. The van der Waals surface area contributed by atoms with Crippen molar-refractivity contribution in [1.82, 2.24) is 20.9 Å². The van der Waals surface area contributed by atoms with E-state index in [2.05, 4.69) is 46.7 Å². The second-order valence-electron chi connectivity index (χ2n) is 8.94. The molecular weight excluding hydrogens is 528 g/mol. The smallest absolute Gasteiger partial charge is 0.428 e. The lowest BCUT2D eigenvalue weighted by Crippen LogP contribution is -2.52. The number of ether oxygens (including phenoxy) is 2. The van der Waals surface area contributed by atoms with Gasteiger partial charge in [0.15, 0.2) is 5.60 Å². The molecule has 1 aromatic carbocycles. The summed E-state index contributed by atoms with van der Waals surface area (Å²) in [6.45, 7) is 0.802. The molecule has 4 rings (SSSR count). The fraction of sp³-hybridized carbons (Fsp3) is 0.478. The zero-order valence-electron chi connectivity index (χ0n) is 19.2. The molecule has 1 aromatic heterocycles. The van der Waals surface area contributed by atoms with E-state index in [4.69, 9.17) is 4.74 Å². The van der Waals surface area contributed by atoms with Crippen molar-refractivity contribution in [3.8, 4) is 5.75 Å². The summed E-state index contributed by atoms with van der Waals surface area (Å²) in [7, 11) is 0. The monoisotopic (exact) mass is 553 g/mol. The van der Waals surface area contributed by atoms with Crippen molar-refractivity contribution in [2.45, 2.75) is 64.2 Å². The van der Waals surface area contributed by atoms with Gasteiger partial charge in [-0.15, -0.1) is 0 Å². The summed E-state index contributed by atoms with van der Waals surface area (Å²) in [6.07, 6.45) is 2.59. The molecule has 3 N–H and O–H groups in total. The summed E-state index contributed by atoms with van der Waals surface area (Å²) in [5.41, 5.74) is 3.48. The second-order valence-corrected chi connectivity index (χ2v) is 9.74. The van der Waals surface area contributed by atoms with E-state index in [0.29, 0.717) is 40.2 Å². The van der Waals surface area contributed by atoms with E-state index >= 15 is 0 Å². The minimum atomic E-state index is -2.98. The number of hydrogen-bond donors (Lipinski definition) is 3. The highest BCUT2D eigenvalue weighted by atomic mass is 79.9. The maximum absolute atomic E-state index is 12.8. The Hall–Kier alpha value is -3.02. The fourth-order valence-corrected chi connectivity index (χ4v) is 5.29. The molecule has 9 nitrogen and oxygen atoms in total. The Bertz CT molecular complexity index is 1130. The van der Waals surface area contributed by atoms with Crippen LogP contribution in [0.15, 0.2) is 33.8 Å². The molecular formula is C23H26BrF2N5O4. The van der Waals surface area contributed by atoms with Gasteiger partial charge < -0.3 is 14.8 Å². The van der Waals surface area contributed by atoms with Crippen molar-refractivity contribution >= 4 is 33.6 Å². The van der Waals surface area contributed by atoms with Gasteiger partial charge in [0.2, 0.25) is 0 Å². The number of rotatable bonds is 7. The van der Waals surface area contributed by atoms with Crippen LogP contribution in [0.5, 0.6) is 5.75 Å². The van der Waals surface area contributed by atoms with Crippen molar-refractivity contribution in [1.29, 1.82) is 0 Å². The minimum absolute atomic E-state index is 0.0300. The molecule has 35 heavy (non-hydrogen) atoms. The highest BCUT2D eigenvalue weighted by molar-refractivity contribution is 9.10. The number of aryl methyl sites for hydroxylation is 1. The lowest BCUT2D eigenvalue weighted by molar-refractivity contribution is -0.0503. The second kappa shape index (κ2) is 10.3. The molecule has 2 aromatic rings. The molecule has 1 fully saturated rings. The predicted molar refractivity (Wildman–Crippen MR) is 126 cm³/mol. The van der Waals surface area contributed by atoms with Gasteiger partial charge in [-0.25, -0.2) is 10.2 Å². The van der Waals surface area contributed by atoms with Crippen molar-refractivity contribution in [2.75, 3.05) is 0 Å². The van der Waals surface area contributed by atoms with E-state index in [9.17, 15) is 18.4 Å². The number of aromatic nitrogens is 2. The minimum Gasteiger partial charge on any atom is -0.435 e. The summed E-state index contributed by atoms with van der Waals surface area (Å²) >= 11 is 3.34. The van der Waals surface area contributed by atoms with Crippen LogP contribution in [0.4, 0.5) is 13.6 Å². The van der Waals surface area contributed by atoms with Gasteiger partial charge in [-0.1, -0.05) is 12.1 Å². The number of halogens is 3. The van der Waals surface area contributed by atoms with Gasteiger partial charge in [-0.2, -0.15) is 19.0 Å². The van der Waals surface area contributed by atoms with Crippen molar-refractivity contribution < 1.29 is 27.8 Å². The Kier molecular flexibility index (Phi) is 7.39. The first-order valence-corrected chi connectivity index (χ1v) is 12.1. The van der Waals surface area contributed by atoms with Gasteiger partial charge in [0.05, 0.1) is 4.47 Å². The van der Waals surface area contributed by atoms with Gasteiger partial charge in [0.25, 0.3) is 5.91 Å². The Morgan fingerprint density at radius 2 is 2.11 bits per heavy atom. The number of benzene rings is 1. The zero-order chi connectivity index (χ0) is 25.2. The maximum atomic E-state index is 12.8. The number of aromatic amines is 1. The third kappa shape index (κ3) is 5.63. The molecule has 1 saturated carbocycles. The number of nitrogens with one attached hydrogen (secondary N) is 3. The standard InChI is InChI=1S/C23H26BrF2N5O4/c1-12(27-20(32)16-11-13(2)28-29-16)10-14-6-8-23(9-7-14)19(30-31-22(33)35-23)15-4-3-5-17(18(15)24)34-21(25)26/h3-5,11-12,14,21H,6-10H2,1-2H3,(H,27,32)(H,28,29)(H,31,33)/t12-,14?,23?/m0/s1. The van der Waals surface area contributed by atoms with Crippen LogP contribution in [-0.2, 0) is 4.74 Å². The Labute approximate surface area is 209 Å². The lowest BCUT2D eigenvalue weighted by atomic mass is 9.73. The molecule has 188 valence electrons. The number of carbonyl (C=O) groups is 2. The van der Waals surface area contributed by atoms with Crippen LogP contribution < -0.4 is 15.5 Å². The van der Waals surface area contributed by atoms with Crippen LogP contribution in [0.2, 0.25) is 0 Å². The van der Waals surface area contributed by atoms with E-state index in [-0.39, 0.29) is 17.7 Å². The Balaban J connectivity index is 1.44. The molecule has 0 unspecified atom stereocenters. The normalized spacial score (nSPS) is 22.9. The van der Waals surface area contributed by atoms with Gasteiger partial charge in [0, 0.05) is 17.3 Å². The van der Waals surface area contributed by atoms with Crippen LogP contribution in [0, 0.1) is 12.8 Å². The van der Waals surface area contributed by atoms with Crippen molar-refractivity contribution in [3.05, 3.63) is 45.7 Å². The van der Waals surface area contributed by atoms with E-state index in [1.807, 2.05) is 13.8 Å². The third-order valence-electron chi connectivity index (χ3n) is 6.33. The molecule has 1 aliphatic heterocycles. The molecule has 2 amide bonds. The topological polar surface area (TPSA) is 118 Å². The summed E-state index contributed by atoms with van der Waals surface area (Å²) < 4.78 is 36.3. The molecule has 12 heteroatoms. The number of H-pyrrole nitrogens is 1. The van der Waals surface area contributed by atoms with Gasteiger partial charge in [-0.05, 0) is 79.9 Å². The van der Waals surface area contributed by atoms with Crippen LogP contribution in [-0.4, -0.2) is 46.2 Å². The molecule has 0 radical (unpaired) electrons. The van der Waals surface area contributed by atoms with E-state index in [1.54, 1.807) is 18.2 Å². The average molecular weight is 554 g/mol. The number of carbonyl (C=O) groups excluding carboxylic acids is 2. The van der Waals surface area contributed by atoms with Crippen LogP contribution in [0.3, 0.4) is 0 Å². The lowest BCUT2D eigenvalue weighted by Gasteiger charge is -2.42. The number of amides is 2. The zero-order valence-corrected chi connectivity index (χ0v) is 20.8. The summed E-state index contributed by atoms with van der Waals surface area (Å²) in [4.78, 5) is 24.5. The predicted octanol–water partition coefficient (Wildman–Crippen LogP) is 4.66. The molecule has 2 heterocycles. The molecule has 1 spiro atoms. The number of hydrogen-bond acceptors (Lipinski definition) is 6. The highest BCUT2D eigenvalue weighted by Gasteiger charge is 2.47. The summed E-state index contributed by atoms with van der Waals surface area (Å²) in [5, 5.41) is 14.0.